The highest BCUT2D eigenvalue weighted by Gasteiger charge is 2.26. The Kier molecular flexibility index (Phi) is 5.25. The van der Waals surface area contributed by atoms with Crippen molar-refractivity contribution in [1.82, 2.24) is 4.31 Å². The lowest BCUT2D eigenvalue weighted by Crippen LogP contribution is -2.30. The van der Waals surface area contributed by atoms with E-state index in [-0.39, 0.29) is 18.0 Å². The van der Waals surface area contributed by atoms with Gasteiger partial charge in [-0.1, -0.05) is 0 Å². The van der Waals surface area contributed by atoms with Crippen LogP contribution in [0.25, 0.3) is 0 Å². The summed E-state index contributed by atoms with van der Waals surface area (Å²) in [5, 5.41) is 0. The molecule has 0 saturated carbocycles. The summed E-state index contributed by atoms with van der Waals surface area (Å²) in [6, 6.07) is 2.68. The molecule has 0 radical (unpaired) electrons. The zero-order valence-electron chi connectivity index (χ0n) is 11.3. The Bertz CT molecular complexity index is 685. The lowest BCUT2D eigenvalue weighted by molar-refractivity contribution is 0.185. The Morgan fingerprint density at radius 2 is 1.85 bits per heavy atom. The molecule has 0 aromatic heterocycles. The summed E-state index contributed by atoms with van der Waals surface area (Å²) in [7, 11) is -5.06. The van der Waals surface area contributed by atoms with Crippen LogP contribution >= 0.6 is 0 Å². The maximum Gasteiger partial charge on any atom is 0.245 e. The summed E-state index contributed by atoms with van der Waals surface area (Å²) in [5.41, 5.74) is 0. The van der Waals surface area contributed by atoms with E-state index in [1.54, 1.807) is 0 Å². The molecular formula is C11H16FNO5S2. The Morgan fingerprint density at radius 3 is 2.35 bits per heavy atom. The van der Waals surface area contributed by atoms with E-state index in [2.05, 4.69) is 0 Å². The third-order valence-electron chi connectivity index (χ3n) is 2.63. The molecule has 0 spiro atoms. The molecule has 20 heavy (non-hydrogen) atoms. The van der Waals surface area contributed by atoms with Crippen LogP contribution in [0, 0.1) is 5.82 Å². The van der Waals surface area contributed by atoms with Crippen molar-refractivity contribution < 1.29 is 26.0 Å². The molecule has 1 rings (SSSR count). The van der Waals surface area contributed by atoms with Crippen molar-refractivity contribution in [2.75, 3.05) is 33.6 Å². The van der Waals surface area contributed by atoms with Crippen LogP contribution in [0.3, 0.4) is 0 Å². The predicted molar refractivity (Wildman–Crippen MR) is 71.2 cm³/mol. The molecule has 1 aromatic carbocycles. The minimum Gasteiger partial charge on any atom is -0.383 e. The highest BCUT2D eigenvalue weighted by molar-refractivity contribution is 7.91. The lowest BCUT2D eigenvalue weighted by Gasteiger charge is -2.17. The van der Waals surface area contributed by atoms with Gasteiger partial charge in [-0.3, -0.25) is 0 Å². The maximum atomic E-state index is 13.7. The molecule has 0 N–H and O–H groups in total. The van der Waals surface area contributed by atoms with E-state index >= 15 is 0 Å². The van der Waals surface area contributed by atoms with Crippen LogP contribution < -0.4 is 0 Å². The van der Waals surface area contributed by atoms with E-state index in [0.29, 0.717) is 0 Å². The number of rotatable bonds is 6. The molecule has 0 aliphatic rings. The topological polar surface area (TPSA) is 80.8 Å². The van der Waals surface area contributed by atoms with E-state index in [1.165, 1.54) is 14.2 Å². The van der Waals surface area contributed by atoms with Gasteiger partial charge in [0.25, 0.3) is 0 Å². The smallest absolute Gasteiger partial charge is 0.245 e. The van der Waals surface area contributed by atoms with Crippen molar-refractivity contribution in [3.8, 4) is 0 Å². The molecule has 0 saturated heterocycles. The average Bonchev–Trinajstić information content (AvgIpc) is 2.34. The fraction of sp³-hybridized carbons (Fsp3) is 0.455. The van der Waals surface area contributed by atoms with Crippen molar-refractivity contribution >= 4 is 19.9 Å². The Balaban J connectivity index is 3.31. The number of ether oxygens (including phenoxy) is 1. The van der Waals surface area contributed by atoms with Crippen LogP contribution in [-0.2, 0) is 24.6 Å². The zero-order chi connectivity index (χ0) is 15.6. The van der Waals surface area contributed by atoms with Gasteiger partial charge in [0.05, 0.1) is 11.5 Å². The minimum atomic E-state index is -4.11. The monoisotopic (exact) mass is 325 g/mol. The lowest BCUT2D eigenvalue weighted by atomic mass is 10.3. The predicted octanol–water partition coefficient (Wildman–Crippen LogP) is 0.496. The number of likely N-dealkylation sites (N-methyl/N-ethyl adjacent to an activating group) is 1. The third kappa shape index (κ3) is 3.75. The molecule has 0 heterocycles. The fourth-order valence-corrected chi connectivity index (χ4v) is 3.38. The maximum absolute atomic E-state index is 13.7. The molecule has 114 valence electrons. The first-order valence-corrected chi connectivity index (χ1v) is 8.88. The molecular weight excluding hydrogens is 309 g/mol. The van der Waals surface area contributed by atoms with Gasteiger partial charge in [-0.2, -0.15) is 4.31 Å². The van der Waals surface area contributed by atoms with E-state index in [1.807, 2.05) is 0 Å². The summed E-state index contributed by atoms with van der Waals surface area (Å²) < 4.78 is 66.5. The highest BCUT2D eigenvalue weighted by Crippen LogP contribution is 2.22. The Morgan fingerprint density at radius 1 is 1.25 bits per heavy atom. The second-order valence-electron chi connectivity index (χ2n) is 4.18. The van der Waals surface area contributed by atoms with E-state index in [9.17, 15) is 21.2 Å². The molecule has 0 unspecified atom stereocenters. The first-order chi connectivity index (χ1) is 9.10. The second kappa shape index (κ2) is 6.17. The van der Waals surface area contributed by atoms with Crippen LogP contribution in [0.5, 0.6) is 0 Å². The van der Waals surface area contributed by atoms with Crippen molar-refractivity contribution in [2.24, 2.45) is 0 Å². The Labute approximate surface area is 118 Å². The summed E-state index contributed by atoms with van der Waals surface area (Å²) in [6.45, 7) is 0.171. The number of hydrogen-bond donors (Lipinski definition) is 0. The SMILES string of the molecule is COCCN(C)S(=O)(=O)c1cc(S(C)(=O)=O)ccc1F. The molecule has 1 aromatic rings. The largest absolute Gasteiger partial charge is 0.383 e. The first kappa shape index (κ1) is 17.0. The molecule has 0 fully saturated rings. The van der Waals surface area contributed by atoms with Gasteiger partial charge in [-0.25, -0.2) is 21.2 Å². The van der Waals surface area contributed by atoms with Gasteiger partial charge in [0.2, 0.25) is 10.0 Å². The van der Waals surface area contributed by atoms with E-state index < -0.39 is 30.6 Å². The van der Waals surface area contributed by atoms with Crippen molar-refractivity contribution in [2.45, 2.75) is 9.79 Å². The molecule has 0 aliphatic heterocycles. The van der Waals surface area contributed by atoms with Gasteiger partial charge in [-0.05, 0) is 18.2 Å². The summed E-state index contributed by atoms with van der Waals surface area (Å²) >= 11 is 0. The number of sulfone groups is 1. The number of methoxy groups -OCH3 is 1. The number of halogens is 1. The molecule has 6 nitrogen and oxygen atoms in total. The molecule has 0 atom stereocenters. The number of hydrogen-bond acceptors (Lipinski definition) is 5. The van der Waals surface area contributed by atoms with E-state index in [0.717, 1.165) is 28.8 Å². The highest BCUT2D eigenvalue weighted by atomic mass is 32.2. The number of nitrogens with zero attached hydrogens (tertiary/aromatic N) is 1. The standard InChI is InChI=1S/C11H16FNO5S2/c1-13(6-7-18-2)20(16,17)11-8-9(19(3,14)15)4-5-10(11)12/h4-5,8H,6-7H2,1-3H3. The van der Waals surface area contributed by atoms with Crippen molar-refractivity contribution in [3.05, 3.63) is 24.0 Å². The Hall–Kier alpha value is -1.03. The van der Waals surface area contributed by atoms with Crippen LogP contribution in [0.2, 0.25) is 0 Å². The molecule has 0 aliphatic carbocycles. The quantitative estimate of drug-likeness (QED) is 0.711. The molecule has 0 bridgehead atoms. The van der Waals surface area contributed by atoms with Crippen LogP contribution in [-0.4, -0.2) is 54.7 Å². The van der Waals surface area contributed by atoms with Gasteiger partial charge >= 0.3 is 0 Å². The third-order valence-corrected chi connectivity index (χ3v) is 5.61. The second-order valence-corrected chi connectivity index (χ2v) is 8.21. The van der Waals surface area contributed by atoms with Gasteiger partial charge in [0.15, 0.2) is 9.84 Å². The van der Waals surface area contributed by atoms with Gasteiger partial charge in [0, 0.05) is 27.0 Å². The van der Waals surface area contributed by atoms with Crippen molar-refractivity contribution in [1.29, 1.82) is 0 Å². The summed E-state index contributed by atoms with van der Waals surface area (Å²) in [4.78, 5) is -0.920. The van der Waals surface area contributed by atoms with E-state index in [4.69, 9.17) is 4.74 Å². The van der Waals surface area contributed by atoms with Crippen molar-refractivity contribution in [3.63, 3.8) is 0 Å². The van der Waals surface area contributed by atoms with Gasteiger partial charge < -0.3 is 4.74 Å². The first-order valence-electron chi connectivity index (χ1n) is 5.55. The fourth-order valence-electron chi connectivity index (χ4n) is 1.42. The van der Waals surface area contributed by atoms with Crippen LogP contribution in [0.1, 0.15) is 0 Å². The van der Waals surface area contributed by atoms with Gasteiger partial charge in [-0.15, -0.1) is 0 Å². The molecule has 0 amide bonds. The number of benzene rings is 1. The van der Waals surface area contributed by atoms with Crippen LogP contribution in [0.4, 0.5) is 4.39 Å². The summed E-state index contributed by atoms with van der Waals surface area (Å²) in [5.74, 6) is -0.998. The van der Waals surface area contributed by atoms with Gasteiger partial charge in [0.1, 0.15) is 10.7 Å². The average molecular weight is 325 g/mol. The number of sulfonamides is 1. The minimum absolute atomic E-state index is 0.0291. The summed E-state index contributed by atoms with van der Waals surface area (Å²) in [6.07, 6.45) is 0.922. The zero-order valence-corrected chi connectivity index (χ0v) is 13.0. The normalized spacial score (nSPS) is 12.8. The van der Waals surface area contributed by atoms with Crippen LogP contribution in [0.15, 0.2) is 28.0 Å². The molecule has 9 heteroatoms.